The van der Waals surface area contributed by atoms with Crippen LogP contribution in [0.2, 0.25) is 0 Å². The van der Waals surface area contributed by atoms with Crippen LogP contribution in [0.1, 0.15) is 0 Å². The molecule has 2 N–H and O–H groups in total. The third-order valence-electron chi connectivity index (χ3n) is 1.04. The Morgan fingerprint density at radius 3 is 2.00 bits per heavy atom. The summed E-state index contributed by atoms with van der Waals surface area (Å²) in [5, 5.41) is 0. The predicted molar refractivity (Wildman–Crippen MR) is 37.7 cm³/mol. The van der Waals surface area contributed by atoms with E-state index in [9.17, 15) is 0 Å². The van der Waals surface area contributed by atoms with Crippen LogP contribution >= 0.6 is 0 Å². The van der Waals surface area contributed by atoms with E-state index in [0.29, 0.717) is 13.2 Å². The average molecular weight is 149 g/mol. The molecular formula is C6H15NO3. The van der Waals surface area contributed by atoms with Crippen molar-refractivity contribution in [1.29, 1.82) is 0 Å². The van der Waals surface area contributed by atoms with Crippen LogP contribution in [0.3, 0.4) is 0 Å². The number of nitrogens with two attached hydrogens (primary N) is 1. The standard InChI is InChI=1S/C6H15NO3/c1-8-3-6(4-9-2)10-5-7/h6H,3-5,7H2,1-2H3. The molecule has 10 heavy (non-hydrogen) atoms. The van der Waals surface area contributed by atoms with Crippen LogP contribution in [-0.4, -0.2) is 40.3 Å². The Bertz CT molecular complexity index is 55.7. The molecule has 0 heterocycles. The predicted octanol–water partition coefficient (Wildman–Crippen LogP) is -0.419. The molecule has 0 aromatic carbocycles. The largest absolute Gasteiger partial charge is 0.382 e. The van der Waals surface area contributed by atoms with E-state index in [0.717, 1.165) is 0 Å². The number of methoxy groups -OCH3 is 2. The van der Waals surface area contributed by atoms with E-state index < -0.39 is 0 Å². The number of rotatable bonds is 6. The number of ether oxygens (including phenoxy) is 3. The van der Waals surface area contributed by atoms with Crippen LogP contribution in [-0.2, 0) is 14.2 Å². The Morgan fingerprint density at radius 2 is 1.70 bits per heavy atom. The second kappa shape index (κ2) is 6.95. The van der Waals surface area contributed by atoms with E-state index in [2.05, 4.69) is 0 Å². The SMILES string of the molecule is COCC(COC)OCN. The first-order valence-corrected chi connectivity index (χ1v) is 3.14. The molecular weight excluding hydrogens is 134 g/mol. The summed E-state index contributed by atoms with van der Waals surface area (Å²) in [6.45, 7) is 1.24. The molecule has 0 spiro atoms. The summed E-state index contributed by atoms with van der Waals surface area (Å²) in [6, 6.07) is 0. The van der Waals surface area contributed by atoms with Crippen molar-refractivity contribution >= 4 is 0 Å². The zero-order valence-electron chi connectivity index (χ0n) is 6.50. The highest BCUT2D eigenvalue weighted by atomic mass is 16.6. The number of hydrogen-bond donors (Lipinski definition) is 1. The van der Waals surface area contributed by atoms with Crippen molar-refractivity contribution in [1.82, 2.24) is 0 Å². The molecule has 0 rings (SSSR count). The molecule has 0 bridgehead atoms. The third-order valence-corrected chi connectivity index (χ3v) is 1.04. The summed E-state index contributed by atoms with van der Waals surface area (Å²) < 4.78 is 14.7. The summed E-state index contributed by atoms with van der Waals surface area (Å²) in [7, 11) is 3.23. The average Bonchev–Trinajstić information content (AvgIpc) is 1.90. The van der Waals surface area contributed by atoms with Crippen LogP contribution in [0.25, 0.3) is 0 Å². The normalized spacial score (nSPS) is 10.8. The molecule has 0 aliphatic heterocycles. The minimum absolute atomic E-state index is 0.0417. The lowest BCUT2D eigenvalue weighted by Gasteiger charge is -2.13. The van der Waals surface area contributed by atoms with Gasteiger partial charge in [-0.1, -0.05) is 0 Å². The fraction of sp³-hybridized carbons (Fsp3) is 1.00. The van der Waals surface area contributed by atoms with Crippen molar-refractivity contribution in [2.45, 2.75) is 6.10 Å². The lowest BCUT2D eigenvalue weighted by atomic mass is 10.4. The van der Waals surface area contributed by atoms with E-state index in [-0.39, 0.29) is 12.8 Å². The van der Waals surface area contributed by atoms with E-state index in [1.165, 1.54) is 0 Å². The van der Waals surface area contributed by atoms with Gasteiger partial charge in [-0.15, -0.1) is 0 Å². The molecule has 0 atom stereocenters. The molecule has 0 unspecified atom stereocenters. The second-order valence-electron chi connectivity index (χ2n) is 1.87. The second-order valence-corrected chi connectivity index (χ2v) is 1.87. The van der Waals surface area contributed by atoms with Gasteiger partial charge in [0.15, 0.2) is 0 Å². The van der Waals surface area contributed by atoms with E-state index >= 15 is 0 Å². The Hall–Kier alpha value is -0.160. The maximum Gasteiger partial charge on any atom is 0.106 e. The summed E-state index contributed by atoms with van der Waals surface area (Å²) in [6.07, 6.45) is -0.0417. The summed E-state index contributed by atoms with van der Waals surface area (Å²) in [4.78, 5) is 0. The van der Waals surface area contributed by atoms with Crippen LogP contribution in [0.5, 0.6) is 0 Å². The molecule has 0 aliphatic rings. The molecule has 0 amide bonds. The lowest BCUT2D eigenvalue weighted by molar-refractivity contribution is -0.0389. The topological polar surface area (TPSA) is 53.7 Å². The smallest absolute Gasteiger partial charge is 0.106 e. The van der Waals surface area contributed by atoms with Crippen molar-refractivity contribution in [3.8, 4) is 0 Å². The fourth-order valence-electron chi connectivity index (χ4n) is 0.652. The first kappa shape index (κ1) is 9.84. The van der Waals surface area contributed by atoms with Gasteiger partial charge >= 0.3 is 0 Å². The van der Waals surface area contributed by atoms with Crippen molar-refractivity contribution in [2.24, 2.45) is 5.73 Å². The molecule has 0 saturated heterocycles. The minimum Gasteiger partial charge on any atom is -0.382 e. The monoisotopic (exact) mass is 149 g/mol. The van der Waals surface area contributed by atoms with Gasteiger partial charge < -0.3 is 19.9 Å². The Balaban J connectivity index is 3.30. The molecule has 0 aromatic heterocycles. The van der Waals surface area contributed by atoms with Crippen molar-refractivity contribution in [2.75, 3.05) is 34.2 Å². The Morgan fingerprint density at radius 1 is 1.20 bits per heavy atom. The lowest BCUT2D eigenvalue weighted by Crippen LogP contribution is -2.27. The summed E-state index contributed by atoms with van der Waals surface area (Å²) in [5.74, 6) is 0. The van der Waals surface area contributed by atoms with Crippen molar-refractivity contribution in [3.63, 3.8) is 0 Å². The zero-order chi connectivity index (χ0) is 7.82. The molecule has 0 fully saturated rings. The Kier molecular flexibility index (Phi) is 6.84. The van der Waals surface area contributed by atoms with Gasteiger partial charge in [0.05, 0.1) is 19.9 Å². The maximum atomic E-state index is 5.16. The van der Waals surface area contributed by atoms with Crippen LogP contribution in [0, 0.1) is 0 Å². The van der Waals surface area contributed by atoms with Gasteiger partial charge in [-0.2, -0.15) is 0 Å². The summed E-state index contributed by atoms with van der Waals surface area (Å²) >= 11 is 0. The molecule has 0 radical (unpaired) electrons. The van der Waals surface area contributed by atoms with Gasteiger partial charge in [-0.05, 0) is 0 Å². The Labute approximate surface area is 61.2 Å². The molecule has 0 aliphatic carbocycles. The van der Waals surface area contributed by atoms with Crippen molar-refractivity contribution < 1.29 is 14.2 Å². The zero-order valence-corrected chi connectivity index (χ0v) is 6.50. The highest BCUT2D eigenvalue weighted by Gasteiger charge is 2.05. The van der Waals surface area contributed by atoms with Gasteiger partial charge in [0.2, 0.25) is 0 Å². The first-order valence-electron chi connectivity index (χ1n) is 3.14. The highest BCUT2D eigenvalue weighted by Crippen LogP contribution is 1.91. The first-order chi connectivity index (χ1) is 4.85. The van der Waals surface area contributed by atoms with Gasteiger partial charge in [0.1, 0.15) is 6.10 Å². The fourth-order valence-corrected chi connectivity index (χ4v) is 0.652. The molecule has 0 aromatic rings. The summed E-state index contributed by atoms with van der Waals surface area (Å²) in [5.41, 5.74) is 5.16. The van der Waals surface area contributed by atoms with E-state index in [1.807, 2.05) is 0 Å². The van der Waals surface area contributed by atoms with E-state index in [1.54, 1.807) is 14.2 Å². The number of hydrogen-bond acceptors (Lipinski definition) is 4. The van der Waals surface area contributed by atoms with Gasteiger partial charge in [-0.3, -0.25) is 0 Å². The van der Waals surface area contributed by atoms with Crippen LogP contribution < -0.4 is 5.73 Å². The van der Waals surface area contributed by atoms with Gasteiger partial charge in [-0.25, -0.2) is 0 Å². The van der Waals surface area contributed by atoms with Gasteiger partial charge in [0.25, 0.3) is 0 Å². The third kappa shape index (κ3) is 4.69. The van der Waals surface area contributed by atoms with Gasteiger partial charge in [0, 0.05) is 14.2 Å². The molecule has 0 saturated carbocycles. The van der Waals surface area contributed by atoms with Crippen molar-refractivity contribution in [3.05, 3.63) is 0 Å². The maximum absolute atomic E-state index is 5.16. The van der Waals surface area contributed by atoms with E-state index in [4.69, 9.17) is 19.9 Å². The minimum atomic E-state index is -0.0417. The van der Waals surface area contributed by atoms with Crippen LogP contribution in [0.4, 0.5) is 0 Å². The van der Waals surface area contributed by atoms with Crippen LogP contribution in [0.15, 0.2) is 0 Å². The molecule has 62 valence electrons. The molecule has 4 nitrogen and oxygen atoms in total. The highest BCUT2D eigenvalue weighted by molar-refractivity contribution is 4.52. The molecule has 4 heteroatoms. The quantitative estimate of drug-likeness (QED) is 0.521.